The maximum absolute atomic E-state index is 13.4. The maximum Gasteiger partial charge on any atom is 0.303 e. The Morgan fingerprint density at radius 1 is 0.184 bits per heavy atom. The average molecular weight is 2100 g/mol. The quantitative estimate of drug-likeness (QED) is 0.0418. The van der Waals surface area contributed by atoms with Crippen molar-refractivity contribution in [1.82, 2.24) is 0 Å². The van der Waals surface area contributed by atoms with E-state index in [1.54, 1.807) is 0 Å². The molecule has 0 spiro atoms. The molecule has 6 aliphatic heterocycles. The summed E-state index contributed by atoms with van der Waals surface area (Å²) in [6, 6.07) is 4.08. The molecule has 147 heavy (non-hydrogen) atoms. The van der Waals surface area contributed by atoms with Gasteiger partial charge in [-0.05, 0) is 18.2 Å². The zero-order chi connectivity index (χ0) is 109. The fourth-order valence-corrected chi connectivity index (χ4v) is 15.4. The lowest BCUT2D eigenvalue weighted by Crippen LogP contribution is -2.67. The number of rotatable bonds is 39. The summed E-state index contributed by atoms with van der Waals surface area (Å²) in [7, 11) is 0. The van der Waals surface area contributed by atoms with Crippen molar-refractivity contribution in [3.05, 3.63) is 34.9 Å². The fraction of sp³-hybridized carbons (Fsp3) is 0.645. The lowest BCUT2D eigenvalue weighted by Gasteiger charge is -2.48. The molecule has 0 aliphatic carbocycles. The first kappa shape index (κ1) is 120. The molecule has 0 unspecified atom stereocenters. The first-order valence-electron chi connectivity index (χ1n) is 44.9. The molecule has 810 valence electrons. The molecule has 0 bridgehead atoms. The number of carbonyl (C=O) groups excluding carboxylic acids is 21. The van der Waals surface area contributed by atoms with Crippen LogP contribution in [0, 0.1) is 35.5 Å². The smallest absolute Gasteiger partial charge is 0.303 e. The molecule has 6 saturated heterocycles. The predicted octanol–water partition coefficient (Wildman–Crippen LogP) is -1.35. The zero-order valence-corrected chi connectivity index (χ0v) is 83.5. The van der Waals surface area contributed by atoms with Crippen molar-refractivity contribution in [3.8, 4) is 35.5 Å². The van der Waals surface area contributed by atoms with Gasteiger partial charge in [-0.25, -0.2) is 0 Å². The first-order chi connectivity index (χ1) is 69.1. The van der Waals surface area contributed by atoms with Crippen molar-refractivity contribution >= 4 is 125 Å². The third-order valence-corrected chi connectivity index (χ3v) is 20.2. The summed E-state index contributed by atoms with van der Waals surface area (Å²) in [4.78, 5) is 270. The van der Waals surface area contributed by atoms with E-state index in [2.05, 4.69) is 35.5 Å². The van der Waals surface area contributed by atoms with Crippen molar-refractivity contribution in [1.29, 1.82) is 0 Å². The lowest BCUT2D eigenvalue weighted by molar-refractivity contribution is -0.360. The van der Waals surface area contributed by atoms with Crippen molar-refractivity contribution in [2.24, 2.45) is 0 Å². The molecular weight excluding hydrogens is 1980 g/mol. The van der Waals surface area contributed by atoms with Crippen molar-refractivity contribution in [2.45, 2.75) is 330 Å². The van der Waals surface area contributed by atoms with Crippen LogP contribution in [0.25, 0.3) is 0 Å². The van der Waals surface area contributed by atoms with E-state index in [1.807, 2.05) is 0 Å². The number of ether oxygens (including phenoxy) is 33. The third kappa shape index (κ3) is 38.6. The number of hydrogen-bond donors (Lipinski definition) is 0. The van der Waals surface area contributed by atoms with Gasteiger partial charge >= 0.3 is 125 Å². The summed E-state index contributed by atoms with van der Waals surface area (Å²) < 4.78 is 192. The molecule has 54 nitrogen and oxygen atoms in total. The van der Waals surface area contributed by atoms with Crippen LogP contribution in [0.2, 0.25) is 0 Å². The number of carbonyl (C=O) groups is 21. The second-order valence-electron chi connectivity index (χ2n) is 32.6. The van der Waals surface area contributed by atoms with Crippen LogP contribution in [-0.4, -0.2) is 369 Å². The molecule has 7 rings (SSSR count). The Hall–Kier alpha value is -13.7. The molecule has 0 saturated carbocycles. The molecule has 0 radical (unpaired) electrons. The fourth-order valence-electron chi connectivity index (χ4n) is 15.4. The molecular formula is C93H114O54. The first-order valence-corrected chi connectivity index (χ1v) is 44.9. The van der Waals surface area contributed by atoms with Crippen LogP contribution in [0.5, 0.6) is 0 Å². The standard InChI is InChI=1S/C93H114O54/c1-40(94)118-34-64-70(124-46(7)100)76(127-49(10)103)85(136-58(19)112)91(142-64)145-73-67(37-121-43(4)97)139-88(82(133-55(16)109)79(73)130-52(13)106)115-28-22-25-61-31-62(26-23-29-116-89-83(134-56(17)110)80(131-53(14)107)74(68(140-89)38-122-44(5)98)146-92-86(137-59(20)113)77(128-50(11)104)71(125-47(8)101)65(143-92)35-119-41(2)95)33-63(32-61)27-24-30-117-90-84(135-57(18)111)81(132-54(15)108)75(69(141-90)39-123-45(6)99)147-93-87(138-60(21)114)78(129-51(12)105)72(126-48(9)102)66(144-93)36-120-42(3)96/h31-33,64-93H,28-30,34-39H2,1-21H3/t64-,65-,66-,67-,68-,69-,70+,71+,72+,73-,74-,75-,76+,77+,78+,79+,80+,81+,82-,83-,84-,85-,86-,87-,88-,89-,90-,91+,92+,93+/m1/s1. The Balaban J connectivity index is 1.35. The Kier molecular flexibility index (Phi) is 47.0. The predicted molar refractivity (Wildman–Crippen MR) is 465 cm³/mol. The van der Waals surface area contributed by atoms with Crippen molar-refractivity contribution < 1.29 is 257 Å². The minimum absolute atomic E-state index is 0.00185. The second kappa shape index (κ2) is 57.4. The molecule has 6 heterocycles. The normalized spacial score (nSPS) is 29.4. The van der Waals surface area contributed by atoms with Gasteiger partial charge in [0.25, 0.3) is 0 Å². The minimum atomic E-state index is -2.06. The van der Waals surface area contributed by atoms with Gasteiger partial charge in [-0.2, -0.15) is 0 Å². The highest BCUT2D eigenvalue weighted by Gasteiger charge is 2.63. The Bertz CT molecular complexity index is 4620. The number of benzene rings is 1. The van der Waals surface area contributed by atoms with Crippen LogP contribution in [0.3, 0.4) is 0 Å². The van der Waals surface area contributed by atoms with Crippen LogP contribution in [-0.2, 0) is 257 Å². The Labute approximate surface area is 838 Å². The van der Waals surface area contributed by atoms with Crippen molar-refractivity contribution in [3.63, 3.8) is 0 Å². The van der Waals surface area contributed by atoms with Gasteiger partial charge in [-0.1, -0.05) is 35.5 Å². The topological polar surface area (TPSA) is 663 Å². The van der Waals surface area contributed by atoms with E-state index in [9.17, 15) is 101 Å². The highest BCUT2D eigenvalue weighted by molar-refractivity contribution is 5.74. The molecule has 30 atom stereocenters. The molecule has 1 aromatic carbocycles. The minimum Gasteiger partial charge on any atom is -0.463 e. The molecule has 0 N–H and O–H groups in total. The Morgan fingerprint density at radius 3 is 0.483 bits per heavy atom. The van der Waals surface area contributed by atoms with Crippen LogP contribution < -0.4 is 0 Å². The van der Waals surface area contributed by atoms with Gasteiger partial charge in [-0.15, -0.1) is 0 Å². The zero-order valence-electron chi connectivity index (χ0n) is 83.5. The van der Waals surface area contributed by atoms with Gasteiger partial charge in [0.05, 0.1) is 0 Å². The second-order valence-corrected chi connectivity index (χ2v) is 32.6. The molecule has 0 amide bonds. The molecule has 6 aliphatic rings. The van der Waals surface area contributed by atoms with E-state index in [1.165, 1.54) is 18.2 Å². The van der Waals surface area contributed by atoms with E-state index in [0.29, 0.717) is 0 Å². The molecule has 1 aromatic rings. The summed E-state index contributed by atoms with van der Waals surface area (Å²) >= 11 is 0. The van der Waals surface area contributed by atoms with Gasteiger partial charge in [0, 0.05) is 162 Å². The van der Waals surface area contributed by atoms with Crippen LogP contribution in [0.4, 0.5) is 0 Å². The van der Waals surface area contributed by atoms with E-state index in [-0.39, 0.29) is 16.7 Å². The van der Waals surface area contributed by atoms with Gasteiger partial charge in [0.1, 0.15) is 114 Å². The molecule has 6 fully saturated rings. The van der Waals surface area contributed by atoms with Gasteiger partial charge < -0.3 is 156 Å². The average Bonchev–Trinajstić information content (AvgIpc) is 0.757. The van der Waals surface area contributed by atoms with Gasteiger partial charge in [0.2, 0.25) is 0 Å². The lowest BCUT2D eigenvalue weighted by atomic mass is 9.96. The number of esters is 21. The number of hydrogen-bond acceptors (Lipinski definition) is 54. The van der Waals surface area contributed by atoms with Crippen LogP contribution in [0.15, 0.2) is 18.2 Å². The Morgan fingerprint density at radius 2 is 0.320 bits per heavy atom. The maximum atomic E-state index is 13.4. The summed E-state index contributed by atoms with van der Waals surface area (Å²) in [6.07, 6.45) is -55.8. The van der Waals surface area contributed by atoms with Crippen LogP contribution >= 0.6 is 0 Å². The molecule has 0 aromatic heterocycles. The largest absolute Gasteiger partial charge is 0.463 e. The highest BCUT2D eigenvalue weighted by Crippen LogP contribution is 2.41. The highest BCUT2D eigenvalue weighted by atomic mass is 16.8. The van der Waals surface area contributed by atoms with E-state index in [0.717, 1.165) is 145 Å². The van der Waals surface area contributed by atoms with E-state index in [4.69, 9.17) is 156 Å². The van der Waals surface area contributed by atoms with Gasteiger partial charge in [-0.3, -0.25) is 101 Å². The van der Waals surface area contributed by atoms with Crippen molar-refractivity contribution in [2.75, 3.05) is 59.5 Å². The summed E-state index contributed by atoms with van der Waals surface area (Å²) in [5.74, 6) is -4.49. The summed E-state index contributed by atoms with van der Waals surface area (Å²) in [5, 5.41) is 0. The molecule has 54 heteroatoms. The van der Waals surface area contributed by atoms with Crippen LogP contribution in [0.1, 0.15) is 162 Å². The third-order valence-electron chi connectivity index (χ3n) is 20.2. The van der Waals surface area contributed by atoms with E-state index < -0.39 is 369 Å². The SMILES string of the molecule is CC(=O)OC[C@H]1O[C@@H](O[C@H]2[C@H](OC(C)=O)[C@@H](OC(C)=O)[C@H](OCC#Cc3cc(C#CCO[C@@H]4O[C@H](COC(C)=O)[C@@H](O[C@@H]5O[C@H](COC(C)=O)[C@H](OC(C)=O)[C@H](OC(C)=O)[C@H]5OC(C)=O)[C@H](OC(C)=O)[C@H]4OC(C)=O)cc(C#CCO[C@@H]4O[C@H](COC(C)=O)[C@@H](O[C@@H]5O[C@H](COC(C)=O)[C@H](OC(C)=O)[C@H](OC(C)=O)[C@H]5OC(C)=O)[C@H](OC(C)=O)[C@H]4OC(C)=O)c3)O[C@@H]2COC(C)=O)[C@H](OC(C)=O)[C@@H](OC(C)=O)[C@H]1OC(C)=O. The van der Waals surface area contributed by atoms with E-state index >= 15 is 0 Å². The monoisotopic (exact) mass is 2090 g/mol. The summed E-state index contributed by atoms with van der Waals surface area (Å²) in [5.41, 5.74) is -0.00556. The van der Waals surface area contributed by atoms with Gasteiger partial charge in [0.15, 0.2) is 129 Å². The summed E-state index contributed by atoms with van der Waals surface area (Å²) in [6.45, 7) is 13.1.